The van der Waals surface area contributed by atoms with Gasteiger partial charge in [0.2, 0.25) is 11.9 Å². The van der Waals surface area contributed by atoms with E-state index in [1.165, 1.54) is 0 Å². The number of rotatable bonds is 10. The van der Waals surface area contributed by atoms with Gasteiger partial charge in [0.05, 0.1) is 6.61 Å². The first kappa shape index (κ1) is 16.8. The molecule has 0 saturated carbocycles. The summed E-state index contributed by atoms with van der Waals surface area (Å²) in [5.74, 6) is 8.37. The molecule has 1 atom stereocenters. The van der Waals surface area contributed by atoms with Crippen molar-refractivity contribution in [1.82, 2.24) is 15.0 Å². The molecule has 1 aromatic heterocycles. The monoisotopic (exact) mass is 300 g/mol. The summed E-state index contributed by atoms with van der Waals surface area (Å²) in [7, 11) is 0. The van der Waals surface area contributed by atoms with Crippen LogP contribution in [0.1, 0.15) is 33.6 Å². The lowest BCUT2D eigenvalue weighted by molar-refractivity contribution is 0.292. The van der Waals surface area contributed by atoms with Gasteiger partial charge in [-0.2, -0.15) is 26.7 Å². The molecule has 0 spiro atoms. The lowest BCUT2D eigenvalue weighted by Crippen LogP contribution is -2.20. The van der Waals surface area contributed by atoms with Crippen LogP contribution in [0.4, 0.5) is 11.9 Å². The zero-order chi connectivity index (χ0) is 14.8. The molecule has 114 valence electrons. The van der Waals surface area contributed by atoms with Gasteiger partial charge in [0.25, 0.3) is 0 Å². The predicted molar refractivity (Wildman–Crippen MR) is 84.1 cm³/mol. The van der Waals surface area contributed by atoms with Crippen LogP contribution in [0.3, 0.4) is 0 Å². The SMILES string of the molecule is CCCOc1nc(NN)nc(NC(C)CCSCC)n1. The number of hydrazine groups is 1. The summed E-state index contributed by atoms with van der Waals surface area (Å²) < 4.78 is 5.42. The first-order valence-corrected chi connectivity index (χ1v) is 8.04. The van der Waals surface area contributed by atoms with Gasteiger partial charge in [0, 0.05) is 6.04 Å². The Morgan fingerprint density at radius 2 is 2.00 bits per heavy atom. The molecule has 1 unspecified atom stereocenters. The number of aromatic nitrogens is 3. The molecule has 1 rings (SSSR count). The van der Waals surface area contributed by atoms with Crippen molar-refractivity contribution in [1.29, 1.82) is 0 Å². The largest absolute Gasteiger partial charge is 0.463 e. The Morgan fingerprint density at radius 3 is 2.65 bits per heavy atom. The smallest absolute Gasteiger partial charge is 0.323 e. The summed E-state index contributed by atoms with van der Waals surface area (Å²) in [6.45, 7) is 6.85. The molecule has 1 aromatic rings. The average molecular weight is 300 g/mol. The first-order chi connectivity index (χ1) is 9.69. The van der Waals surface area contributed by atoms with Gasteiger partial charge >= 0.3 is 6.01 Å². The second-order valence-electron chi connectivity index (χ2n) is 4.29. The standard InChI is InChI=1S/C12H24N6OS/c1-4-7-19-12-16-10(15-11(17-12)18-13)14-9(3)6-8-20-5-2/h9H,4-8,13H2,1-3H3,(H2,14,15,16,17,18). The topological polar surface area (TPSA) is 98.0 Å². The van der Waals surface area contributed by atoms with Crippen molar-refractivity contribution < 1.29 is 4.74 Å². The van der Waals surface area contributed by atoms with Gasteiger partial charge in [-0.15, -0.1) is 0 Å². The van der Waals surface area contributed by atoms with E-state index in [0.29, 0.717) is 18.5 Å². The highest BCUT2D eigenvalue weighted by molar-refractivity contribution is 7.99. The number of thioether (sulfide) groups is 1. The van der Waals surface area contributed by atoms with Gasteiger partial charge < -0.3 is 10.1 Å². The summed E-state index contributed by atoms with van der Waals surface area (Å²) in [4.78, 5) is 12.4. The second-order valence-corrected chi connectivity index (χ2v) is 5.68. The molecular weight excluding hydrogens is 276 g/mol. The Balaban J connectivity index is 2.62. The quantitative estimate of drug-likeness (QED) is 0.342. The van der Waals surface area contributed by atoms with E-state index in [1.54, 1.807) is 0 Å². The Morgan fingerprint density at radius 1 is 1.25 bits per heavy atom. The molecule has 20 heavy (non-hydrogen) atoms. The predicted octanol–water partition coefficient (Wildman–Crippen LogP) is 1.89. The van der Waals surface area contributed by atoms with Crippen LogP contribution in [-0.2, 0) is 0 Å². The lowest BCUT2D eigenvalue weighted by Gasteiger charge is -2.14. The minimum atomic E-state index is 0.279. The number of nitrogens with two attached hydrogens (primary N) is 1. The van der Waals surface area contributed by atoms with Crippen molar-refractivity contribution in [2.75, 3.05) is 28.9 Å². The third-order valence-electron chi connectivity index (χ3n) is 2.45. The maximum absolute atomic E-state index is 5.42. The molecule has 0 aliphatic rings. The summed E-state index contributed by atoms with van der Waals surface area (Å²) >= 11 is 1.92. The zero-order valence-corrected chi connectivity index (χ0v) is 13.2. The molecule has 0 radical (unpaired) electrons. The number of ether oxygens (including phenoxy) is 1. The molecule has 0 saturated heterocycles. The molecular formula is C12H24N6OS. The van der Waals surface area contributed by atoms with Crippen molar-refractivity contribution in [2.24, 2.45) is 5.84 Å². The van der Waals surface area contributed by atoms with E-state index in [4.69, 9.17) is 10.6 Å². The summed E-state index contributed by atoms with van der Waals surface area (Å²) in [5.41, 5.74) is 2.42. The molecule has 0 aliphatic carbocycles. The molecule has 0 fully saturated rings. The minimum absolute atomic E-state index is 0.279. The average Bonchev–Trinajstić information content (AvgIpc) is 2.45. The lowest BCUT2D eigenvalue weighted by atomic mass is 10.3. The molecule has 0 bridgehead atoms. The zero-order valence-electron chi connectivity index (χ0n) is 12.3. The number of nitrogens with one attached hydrogen (secondary N) is 2. The Labute approximate surface area is 124 Å². The van der Waals surface area contributed by atoms with E-state index in [9.17, 15) is 0 Å². The van der Waals surface area contributed by atoms with Crippen LogP contribution < -0.4 is 21.3 Å². The van der Waals surface area contributed by atoms with Crippen LogP contribution in [0.15, 0.2) is 0 Å². The number of nitrogens with zero attached hydrogens (tertiary/aromatic N) is 3. The summed E-state index contributed by atoms with van der Waals surface area (Å²) in [6.07, 6.45) is 1.94. The maximum Gasteiger partial charge on any atom is 0.323 e. The van der Waals surface area contributed by atoms with Crippen LogP contribution in [0.25, 0.3) is 0 Å². The van der Waals surface area contributed by atoms with E-state index in [2.05, 4.69) is 39.5 Å². The molecule has 7 nitrogen and oxygen atoms in total. The van der Waals surface area contributed by atoms with Crippen LogP contribution in [-0.4, -0.2) is 39.1 Å². The van der Waals surface area contributed by atoms with Crippen LogP contribution in [0, 0.1) is 0 Å². The molecule has 1 heterocycles. The molecule has 0 aromatic carbocycles. The van der Waals surface area contributed by atoms with Crippen LogP contribution in [0.5, 0.6) is 6.01 Å². The molecule has 0 aliphatic heterocycles. The number of hydrogen-bond donors (Lipinski definition) is 3. The number of nitrogen functional groups attached to an aromatic ring is 1. The van der Waals surface area contributed by atoms with Crippen molar-refractivity contribution in [3.63, 3.8) is 0 Å². The van der Waals surface area contributed by atoms with Gasteiger partial charge in [0.15, 0.2) is 0 Å². The van der Waals surface area contributed by atoms with Crippen molar-refractivity contribution in [3.8, 4) is 6.01 Å². The molecule has 8 heteroatoms. The van der Waals surface area contributed by atoms with E-state index < -0.39 is 0 Å². The maximum atomic E-state index is 5.42. The van der Waals surface area contributed by atoms with Gasteiger partial charge in [-0.25, -0.2) is 5.84 Å². The van der Waals surface area contributed by atoms with E-state index in [-0.39, 0.29) is 12.1 Å². The fourth-order valence-corrected chi connectivity index (χ4v) is 2.25. The van der Waals surface area contributed by atoms with E-state index in [1.807, 2.05) is 18.7 Å². The van der Waals surface area contributed by atoms with Crippen molar-refractivity contribution in [2.45, 2.75) is 39.7 Å². The first-order valence-electron chi connectivity index (χ1n) is 6.89. The van der Waals surface area contributed by atoms with Crippen molar-refractivity contribution in [3.05, 3.63) is 0 Å². The Kier molecular flexibility index (Phi) is 8.05. The number of anilines is 2. The summed E-state index contributed by atoms with van der Waals surface area (Å²) in [6, 6.07) is 0.563. The minimum Gasteiger partial charge on any atom is -0.463 e. The highest BCUT2D eigenvalue weighted by Crippen LogP contribution is 2.13. The molecule has 0 amide bonds. The normalized spacial score (nSPS) is 12.0. The van der Waals surface area contributed by atoms with Gasteiger partial charge in [-0.1, -0.05) is 13.8 Å². The fraction of sp³-hybridized carbons (Fsp3) is 0.750. The van der Waals surface area contributed by atoms with Crippen LogP contribution >= 0.6 is 11.8 Å². The Bertz CT molecular complexity index is 392. The Hall–Kier alpha value is -1.28. The van der Waals surface area contributed by atoms with E-state index >= 15 is 0 Å². The van der Waals surface area contributed by atoms with Gasteiger partial charge in [-0.05, 0) is 31.3 Å². The molecule has 4 N–H and O–H groups in total. The number of hydrogen-bond acceptors (Lipinski definition) is 8. The third kappa shape index (κ3) is 6.25. The third-order valence-corrected chi connectivity index (χ3v) is 3.39. The van der Waals surface area contributed by atoms with Gasteiger partial charge in [-0.3, -0.25) is 5.43 Å². The van der Waals surface area contributed by atoms with Gasteiger partial charge in [0.1, 0.15) is 0 Å². The fourth-order valence-electron chi connectivity index (χ4n) is 1.44. The van der Waals surface area contributed by atoms with Crippen LogP contribution in [0.2, 0.25) is 0 Å². The summed E-state index contributed by atoms with van der Waals surface area (Å²) in [5, 5.41) is 3.24. The van der Waals surface area contributed by atoms with Crippen molar-refractivity contribution >= 4 is 23.7 Å². The highest BCUT2D eigenvalue weighted by Gasteiger charge is 2.09. The highest BCUT2D eigenvalue weighted by atomic mass is 32.2. The second kappa shape index (κ2) is 9.60. The van der Waals surface area contributed by atoms with E-state index in [0.717, 1.165) is 24.3 Å².